The highest BCUT2D eigenvalue weighted by Gasteiger charge is 1.86. The minimum absolute atomic E-state index is 1.03. The van der Waals surface area contributed by atoms with Crippen LogP contribution in [0.15, 0.2) is 42.2 Å². The second-order valence-electron chi connectivity index (χ2n) is 2.71. The predicted octanol–water partition coefficient (Wildman–Crippen LogP) is 1.68. The highest BCUT2D eigenvalue weighted by molar-refractivity contribution is 5.45. The molecule has 0 bridgehead atoms. The smallest absolute Gasteiger partial charge is 0.0390 e. The molecule has 0 aliphatic heterocycles. The first-order valence-corrected chi connectivity index (χ1v) is 4.24. The van der Waals surface area contributed by atoms with Gasteiger partial charge in [-0.15, -0.1) is 0 Å². The Kier molecular flexibility index (Phi) is 3.85. The van der Waals surface area contributed by atoms with Crippen molar-refractivity contribution >= 4 is 5.69 Å². The van der Waals surface area contributed by atoms with Crippen molar-refractivity contribution in [2.75, 3.05) is 12.4 Å². The van der Waals surface area contributed by atoms with Gasteiger partial charge in [0, 0.05) is 24.6 Å². The zero-order valence-corrected chi connectivity index (χ0v) is 7.96. The molecule has 0 aliphatic rings. The normalized spacial score (nSPS) is 11.1. The van der Waals surface area contributed by atoms with Gasteiger partial charge in [-0.25, -0.2) is 5.43 Å². The Bertz CT molecular complexity index is 267. The zero-order valence-electron chi connectivity index (χ0n) is 7.96. The number of hydrogen-bond acceptors (Lipinski definition) is 3. The van der Waals surface area contributed by atoms with Crippen molar-refractivity contribution < 1.29 is 0 Å². The molecule has 3 nitrogen and oxygen atoms in total. The highest BCUT2D eigenvalue weighted by Crippen LogP contribution is 2.04. The first kappa shape index (κ1) is 9.61. The van der Waals surface area contributed by atoms with Gasteiger partial charge in [0.15, 0.2) is 0 Å². The van der Waals surface area contributed by atoms with Gasteiger partial charge in [-0.2, -0.15) is 0 Å². The standard InChI is InChI=1S/C10H15N3/c1-9(13-11-2)8-12-10-6-4-3-5-7-10/h3-8,11-13H,1-2H3/b9-8-. The maximum atomic E-state index is 3.16. The highest BCUT2D eigenvalue weighted by atomic mass is 15.3. The van der Waals surface area contributed by atoms with Crippen molar-refractivity contribution in [2.45, 2.75) is 6.92 Å². The number of benzene rings is 1. The minimum atomic E-state index is 1.03. The third-order valence-corrected chi connectivity index (χ3v) is 1.55. The fraction of sp³-hybridized carbons (Fsp3) is 0.200. The van der Waals surface area contributed by atoms with Gasteiger partial charge < -0.3 is 10.7 Å². The topological polar surface area (TPSA) is 36.1 Å². The fourth-order valence-electron chi connectivity index (χ4n) is 0.959. The summed E-state index contributed by atoms with van der Waals surface area (Å²) in [6, 6.07) is 10.0. The van der Waals surface area contributed by atoms with Crippen molar-refractivity contribution in [3.63, 3.8) is 0 Å². The van der Waals surface area contributed by atoms with Crippen LogP contribution in [0.5, 0.6) is 0 Å². The van der Waals surface area contributed by atoms with E-state index in [9.17, 15) is 0 Å². The summed E-state index contributed by atoms with van der Waals surface area (Å²) < 4.78 is 0. The van der Waals surface area contributed by atoms with Crippen LogP contribution < -0.4 is 16.2 Å². The number of allylic oxidation sites excluding steroid dienone is 1. The lowest BCUT2D eigenvalue weighted by Crippen LogP contribution is -2.25. The summed E-state index contributed by atoms with van der Waals surface area (Å²) in [5.74, 6) is 0. The summed E-state index contributed by atoms with van der Waals surface area (Å²) >= 11 is 0. The SMILES string of the molecule is CNN/C(C)=C\Nc1ccccc1. The summed E-state index contributed by atoms with van der Waals surface area (Å²) in [6.07, 6.45) is 1.91. The Labute approximate surface area is 78.8 Å². The van der Waals surface area contributed by atoms with Crippen LogP contribution >= 0.6 is 0 Å². The van der Waals surface area contributed by atoms with E-state index < -0.39 is 0 Å². The molecular weight excluding hydrogens is 162 g/mol. The molecule has 0 saturated carbocycles. The number of rotatable bonds is 4. The Morgan fingerprint density at radius 3 is 2.54 bits per heavy atom. The van der Waals surface area contributed by atoms with Gasteiger partial charge in [0.25, 0.3) is 0 Å². The second-order valence-corrected chi connectivity index (χ2v) is 2.71. The van der Waals surface area contributed by atoms with E-state index >= 15 is 0 Å². The summed E-state index contributed by atoms with van der Waals surface area (Å²) in [4.78, 5) is 0. The Hall–Kier alpha value is -1.48. The predicted molar refractivity (Wildman–Crippen MR) is 56.0 cm³/mol. The lowest BCUT2D eigenvalue weighted by atomic mass is 10.3. The van der Waals surface area contributed by atoms with Crippen LogP contribution in [0.25, 0.3) is 0 Å². The van der Waals surface area contributed by atoms with Gasteiger partial charge >= 0.3 is 0 Å². The Balaban J connectivity index is 2.47. The molecule has 0 atom stereocenters. The molecule has 0 unspecified atom stereocenters. The molecule has 0 amide bonds. The van der Waals surface area contributed by atoms with E-state index in [0.717, 1.165) is 11.4 Å². The second kappa shape index (κ2) is 5.22. The van der Waals surface area contributed by atoms with Crippen LogP contribution in [-0.2, 0) is 0 Å². The molecule has 0 saturated heterocycles. The van der Waals surface area contributed by atoms with Crippen molar-refractivity contribution in [2.24, 2.45) is 0 Å². The minimum Gasteiger partial charge on any atom is -0.360 e. The maximum absolute atomic E-state index is 3.16. The number of para-hydroxylation sites is 1. The fourth-order valence-corrected chi connectivity index (χ4v) is 0.959. The largest absolute Gasteiger partial charge is 0.360 e. The summed E-state index contributed by atoms with van der Waals surface area (Å²) in [7, 11) is 1.83. The Morgan fingerprint density at radius 2 is 1.92 bits per heavy atom. The molecular formula is C10H15N3. The van der Waals surface area contributed by atoms with Gasteiger partial charge in [-0.05, 0) is 19.1 Å². The number of nitrogens with one attached hydrogen (secondary N) is 3. The van der Waals surface area contributed by atoms with E-state index in [-0.39, 0.29) is 0 Å². The van der Waals surface area contributed by atoms with E-state index in [1.54, 1.807) is 0 Å². The summed E-state index contributed by atoms with van der Waals surface area (Å²) in [5.41, 5.74) is 7.93. The summed E-state index contributed by atoms with van der Waals surface area (Å²) in [5, 5.41) is 3.16. The first-order valence-electron chi connectivity index (χ1n) is 4.24. The van der Waals surface area contributed by atoms with Crippen molar-refractivity contribution in [1.82, 2.24) is 10.9 Å². The first-order chi connectivity index (χ1) is 6.33. The molecule has 0 spiro atoms. The van der Waals surface area contributed by atoms with E-state index in [1.807, 2.05) is 50.5 Å². The molecule has 0 radical (unpaired) electrons. The average molecular weight is 177 g/mol. The molecule has 13 heavy (non-hydrogen) atoms. The number of hydrogen-bond donors (Lipinski definition) is 3. The van der Waals surface area contributed by atoms with Crippen LogP contribution in [0, 0.1) is 0 Å². The van der Waals surface area contributed by atoms with Gasteiger partial charge in [0.2, 0.25) is 0 Å². The molecule has 0 aliphatic carbocycles. The monoisotopic (exact) mass is 177 g/mol. The third-order valence-electron chi connectivity index (χ3n) is 1.55. The van der Waals surface area contributed by atoms with E-state index in [2.05, 4.69) is 16.2 Å². The van der Waals surface area contributed by atoms with E-state index in [1.165, 1.54) is 0 Å². The average Bonchev–Trinajstić information content (AvgIpc) is 2.17. The van der Waals surface area contributed by atoms with Crippen molar-refractivity contribution in [1.29, 1.82) is 0 Å². The van der Waals surface area contributed by atoms with Crippen molar-refractivity contribution in [3.05, 3.63) is 42.2 Å². The van der Waals surface area contributed by atoms with Gasteiger partial charge in [-0.1, -0.05) is 18.2 Å². The maximum Gasteiger partial charge on any atom is 0.0390 e. The van der Waals surface area contributed by atoms with E-state index in [4.69, 9.17) is 0 Å². The molecule has 0 aromatic heterocycles. The van der Waals surface area contributed by atoms with Gasteiger partial charge in [0.1, 0.15) is 0 Å². The van der Waals surface area contributed by atoms with E-state index in [0.29, 0.717) is 0 Å². The summed E-state index contributed by atoms with van der Waals surface area (Å²) in [6.45, 7) is 1.98. The molecule has 0 heterocycles. The van der Waals surface area contributed by atoms with Crippen LogP contribution in [0.3, 0.4) is 0 Å². The molecule has 1 aromatic rings. The molecule has 1 rings (SSSR count). The molecule has 70 valence electrons. The van der Waals surface area contributed by atoms with Crippen LogP contribution in [0.2, 0.25) is 0 Å². The number of hydrazine groups is 1. The van der Waals surface area contributed by atoms with Crippen molar-refractivity contribution in [3.8, 4) is 0 Å². The third kappa shape index (κ3) is 3.62. The number of anilines is 1. The lowest BCUT2D eigenvalue weighted by Gasteiger charge is -2.05. The van der Waals surface area contributed by atoms with Gasteiger partial charge in [-0.3, -0.25) is 0 Å². The molecule has 3 heteroatoms. The quantitative estimate of drug-likeness (QED) is 0.612. The van der Waals surface area contributed by atoms with Gasteiger partial charge in [0.05, 0.1) is 0 Å². The molecule has 0 fully saturated rings. The molecule has 1 aromatic carbocycles. The zero-order chi connectivity index (χ0) is 9.52. The molecule has 3 N–H and O–H groups in total. The van der Waals surface area contributed by atoms with Crippen LogP contribution in [-0.4, -0.2) is 7.05 Å². The van der Waals surface area contributed by atoms with Crippen LogP contribution in [0.4, 0.5) is 5.69 Å². The lowest BCUT2D eigenvalue weighted by molar-refractivity contribution is 0.689. The van der Waals surface area contributed by atoms with Crippen LogP contribution in [0.1, 0.15) is 6.92 Å². The Morgan fingerprint density at radius 1 is 1.23 bits per heavy atom.